The van der Waals surface area contributed by atoms with E-state index in [1.54, 1.807) is 21.0 Å². The fourth-order valence-electron chi connectivity index (χ4n) is 2.60. The van der Waals surface area contributed by atoms with Gasteiger partial charge in [0.2, 0.25) is 0 Å². The lowest BCUT2D eigenvalue weighted by atomic mass is 9.91. The fourth-order valence-corrected chi connectivity index (χ4v) is 2.60. The highest BCUT2D eigenvalue weighted by Crippen LogP contribution is 2.30. The average molecular weight is 287 g/mol. The van der Waals surface area contributed by atoms with E-state index in [4.69, 9.17) is 0 Å². The number of hydrogen-bond donors (Lipinski definition) is 2. The smallest absolute Gasteiger partial charge is 0.319 e. The number of benzene rings is 1. The SMILES string of the molecule is CC1=C(C(=O)N(C)C)C(c2ccc(C)cc2C)NC(=O)N1. The summed E-state index contributed by atoms with van der Waals surface area (Å²) in [6.07, 6.45) is 0. The Kier molecular flexibility index (Phi) is 4.02. The highest BCUT2D eigenvalue weighted by molar-refractivity contribution is 5.98. The van der Waals surface area contributed by atoms with Crippen molar-refractivity contribution in [3.8, 4) is 0 Å². The molecule has 2 N–H and O–H groups in total. The second kappa shape index (κ2) is 5.60. The van der Waals surface area contributed by atoms with Crippen LogP contribution in [0.5, 0.6) is 0 Å². The van der Waals surface area contributed by atoms with Gasteiger partial charge in [0.05, 0.1) is 11.6 Å². The van der Waals surface area contributed by atoms with Crippen LogP contribution in [0.15, 0.2) is 29.5 Å². The number of amides is 3. The molecule has 21 heavy (non-hydrogen) atoms. The van der Waals surface area contributed by atoms with Crippen LogP contribution in [0, 0.1) is 13.8 Å². The van der Waals surface area contributed by atoms with Crippen molar-refractivity contribution in [1.29, 1.82) is 0 Å². The van der Waals surface area contributed by atoms with E-state index < -0.39 is 6.04 Å². The van der Waals surface area contributed by atoms with E-state index >= 15 is 0 Å². The molecule has 0 bridgehead atoms. The van der Waals surface area contributed by atoms with Crippen molar-refractivity contribution in [2.45, 2.75) is 26.8 Å². The average Bonchev–Trinajstić information content (AvgIpc) is 2.37. The number of allylic oxidation sites excluding steroid dienone is 1. The van der Waals surface area contributed by atoms with Gasteiger partial charge in [-0.25, -0.2) is 4.79 Å². The van der Waals surface area contributed by atoms with Crippen LogP contribution in [0.4, 0.5) is 4.79 Å². The summed E-state index contributed by atoms with van der Waals surface area (Å²) in [5.41, 5.74) is 4.32. The summed E-state index contributed by atoms with van der Waals surface area (Å²) in [6, 6.07) is 5.30. The third-order valence-corrected chi connectivity index (χ3v) is 3.64. The highest BCUT2D eigenvalue weighted by atomic mass is 16.2. The summed E-state index contributed by atoms with van der Waals surface area (Å²) < 4.78 is 0. The van der Waals surface area contributed by atoms with Gasteiger partial charge in [0, 0.05) is 19.8 Å². The summed E-state index contributed by atoms with van der Waals surface area (Å²) in [5.74, 6) is -0.107. The van der Waals surface area contributed by atoms with Crippen molar-refractivity contribution in [3.63, 3.8) is 0 Å². The molecule has 0 spiro atoms. The molecule has 3 amide bonds. The zero-order chi connectivity index (χ0) is 15.7. The van der Waals surface area contributed by atoms with Crippen LogP contribution in [-0.4, -0.2) is 30.9 Å². The van der Waals surface area contributed by atoms with Crippen molar-refractivity contribution < 1.29 is 9.59 Å². The fraction of sp³-hybridized carbons (Fsp3) is 0.375. The van der Waals surface area contributed by atoms with Crippen LogP contribution in [0.25, 0.3) is 0 Å². The molecule has 2 rings (SSSR count). The molecule has 0 aromatic heterocycles. The molecule has 112 valence electrons. The van der Waals surface area contributed by atoms with Crippen molar-refractivity contribution in [3.05, 3.63) is 46.2 Å². The Morgan fingerprint density at radius 3 is 2.43 bits per heavy atom. The molecular formula is C16H21N3O2. The van der Waals surface area contributed by atoms with Gasteiger partial charge in [-0.15, -0.1) is 0 Å². The summed E-state index contributed by atoms with van der Waals surface area (Å²) in [6.45, 7) is 5.76. The number of hydrogen-bond acceptors (Lipinski definition) is 2. The molecule has 1 heterocycles. The molecule has 0 saturated carbocycles. The number of rotatable bonds is 2. The van der Waals surface area contributed by atoms with Gasteiger partial charge in [-0.05, 0) is 31.9 Å². The first-order chi connectivity index (χ1) is 9.81. The highest BCUT2D eigenvalue weighted by Gasteiger charge is 2.32. The maximum Gasteiger partial charge on any atom is 0.319 e. The summed E-state index contributed by atoms with van der Waals surface area (Å²) in [4.78, 5) is 25.8. The van der Waals surface area contributed by atoms with Crippen molar-refractivity contribution in [2.24, 2.45) is 0 Å². The van der Waals surface area contributed by atoms with Crippen molar-refractivity contribution in [1.82, 2.24) is 15.5 Å². The number of nitrogens with one attached hydrogen (secondary N) is 2. The van der Waals surface area contributed by atoms with Crippen LogP contribution < -0.4 is 10.6 Å². The summed E-state index contributed by atoms with van der Waals surface area (Å²) in [5, 5.41) is 5.53. The Morgan fingerprint density at radius 1 is 1.19 bits per heavy atom. The quantitative estimate of drug-likeness (QED) is 0.874. The lowest BCUT2D eigenvalue weighted by molar-refractivity contribution is -0.125. The van der Waals surface area contributed by atoms with Gasteiger partial charge in [0.1, 0.15) is 0 Å². The van der Waals surface area contributed by atoms with Gasteiger partial charge < -0.3 is 15.5 Å². The molecule has 1 aromatic carbocycles. The minimum Gasteiger partial charge on any atom is -0.345 e. The van der Waals surface area contributed by atoms with E-state index in [9.17, 15) is 9.59 Å². The second-order valence-corrected chi connectivity index (χ2v) is 5.63. The van der Waals surface area contributed by atoms with E-state index in [0.717, 1.165) is 16.7 Å². The monoisotopic (exact) mass is 287 g/mol. The third kappa shape index (κ3) is 2.91. The number of aryl methyl sites for hydroxylation is 2. The van der Waals surface area contributed by atoms with Gasteiger partial charge in [-0.2, -0.15) is 0 Å². The topological polar surface area (TPSA) is 61.4 Å². The Labute approximate surface area is 125 Å². The molecule has 1 aliphatic heterocycles. The Hall–Kier alpha value is -2.30. The summed E-state index contributed by atoms with van der Waals surface area (Å²) in [7, 11) is 3.41. The molecule has 0 fully saturated rings. The third-order valence-electron chi connectivity index (χ3n) is 3.64. The number of nitrogens with zero attached hydrogens (tertiary/aromatic N) is 1. The van der Waals surface area contributed by atoms with E-state index in [-0.39, 0.29) is 11.9 Å². The molecule has 0 saturated heterocycles. The molecule has 1 atom stereocenters. The van der Waals surface area contributed by atoms with Gasteiger partial charge >= 0.3 is 6.03 Å². The second-order valence-electron chi connectivity index (χ2n) is 5.63. The molecule has 0 radical (unpaired) electrons. The Morgan fingerprint density at radius 2 is 1.86 bits per heavy atom. The Bertz CT molecular complexity index is 632. The zero-order valence-electron chi connectivity index (χ0n) is 13.1. The van der Waals surface area contributed by atoms with Crippen molar-refractivity contribution in [2.75, 3.05) is 14.1 Å². The Balaban J connectivity index is 2.55. The number of urea groups is 1. The number of carbonyl (C=O) groups is 2. The first-order valence-corrected chi connectivity index (χ1v) is 6.88. The van der Waals surface area contributed by atoms with Crippen LogP contribution in [0.1, 0.15) is 29.7 Å². The summed E-state index contributed by atoms with van der Waals surface area (Å²) >= 11 is 0. The number of carbonyl (C=O) groups excluding carboxylic acids is 2. The van der Waals surface area contributed by atoms with Crippen LogP contribution >= 0.6 is 0 Å². The molecular weight excluding hydrogens is 266 g/mol. The number of likely N-dealkylation sites (N-methyl/N-ethyl adjacent to an activating group) is 1. The lowest BCUT2D eigenvalue weighted by Crippen LogP contribution is -2.47. The van der Waals surface area contributed by atoms with Gasteiger partial charge in [0.15, 0.2) is 0 Å². The van der Waals surface area contributed by atoms with Crippen molar-refractivity contribution >= 4 is 11.9 Å². The molecule has 1 aliphatic rings. The van der Waals surface area contributed by atoms with E-state index in [0.29, 0.717) is 11.3 Å². The van der Waals surface area contributed by atoms with E-state index in [1.807, 2.05) is 26.0 Å². The van der Waals surface area contributed by atoms with Gasteiger partial charge in [-0.3, -0.25) is 4.79 Å². The molecule has 0 aliphatic carbocycles. The molecule has 1 aromatic rings. The van der Waals surface area contributed by atoms with Gasteiger partial charge in [-0.1, -0.05) is 23.8 Å². The normalized spacial score (nSPS) is 18.1. The molecule has 5 heteroatoms. The van der Waals surface area contributed by atoms with E-state index in [2.05, 4.69) is 16.7 Å². The maximum absolute atomic E-state index is 12.5. The molecule has 5 nitrogen and oxygen atoms in total. The first kappa shape index (κ1) is 15.1. The zero-order valence-corrected chi connectivity index (χ0v) is 13.1. The van der Waals surface area contributed by atoms with Gasteiger partial charge in [0.25, 0.3) is 5.91 Å². The van der Waals surface area contributed by atoms with Crippen LogP contribution in [-0.2, 0) is 4.79 Å². The lowest BCUT2D eigenvalue weighted by Gasteiger charge is -2.31. The predicted octanol–water partition coefficient (Wildman–Crippen LogP) is 2.02. The maximum atomic E-state index is 12.5. The van der Waals surface area contributed by atoms with E-state index in [1.165, 1.54) is 4.90 Å². The largest absolute Gasteiger partial charge is 0.345 e. The minimum absolute atomic E-state index is 0.107. The standard InChI is InChI=1S/C16H21N3O2/c1-9-6-7-12(10(2)8-9)14-13(15(20)19(4)5)11(3)17-16(21)18-14/h6-8,14H,1-5H3,(H2,17,18,21). The first-order valence-electron chi connectivity index (χ1n) is 6.88. The van der Waals surface area contributed by atoms with Crippen LogP contribution in [0.3, 0.4) is 0 Å². The van der Waals surface area contributed by atoms with Crippen LogP contribution in [0.2, 0.25) is 0 Å². The predicted molar refractivity (Wildman–Crippen MR) is 81.7 cm³/mol. The molecule has 1 unspecified atom stereocenters. The minimum atomic E-state index is -0.422.